The Balaban J connectivity index is 1.90. The number of nitrogens with zero attached hydrogens (tertiary/aromatic N) is 2. The third-order valence-electron chi connectivity index (χ3n) is 4.20. The molecule has 0 unspecified atom stereocenters. The zero-order valence-electron chi connectivity index (χ0n) is 16.3. The molecule has 0 aliphatic rings. The SMILES string of the molecule is COc1ccc(NC(=O)c2nn(-c3cccc(C(F)(F)F)c3)cc2OC)cc1OC. The number of carbonyl (C=O) groups is 1. The van der Waals surface area contributed by atoms with Crippen molar-refractivity contribution in [2.24, 2.45) is 0 Å². The Labute approximate surface area is 170 Å². The summed E-state index contributed by atoms with van der Waals surface area (Å²) in [4.78, 5) is 12.7. The van der Waals surface area contributed by atoms with Crippen molar-refractivity contribution in [3.63, 3.8) is 0 Å². The maximum Gasteiger partial charge on any atom is 0.416 e. The molecule has 30 heavy (non-hydrogen) atoms. The Morgan fingerprint density at radius 1 is 0.967 bits per heavy atom. The number of amides is 1. The fraction of sp³-hybridized carbons (Fsp3) is 0.200. The molecular weight excluding hydrogens is 403 g/mol. The minimum Gasteiger partial charge on any atom is -0.493 e. The number of aromatic nitrogens is 2. The van der Waals surface area contributed by atoms with Crippen LogP contribution in [0.15, 0.2) is 48.7 Å². The predicted molar refractivity (Wildman–Crippen MR) is 103 cm³/mol. The Kier molecular flexibility index (Phi) is 5.86. The first kappa shape index (κ1) is 21.0. The Morgan fingerprint density at radius 3 is 2.30 bits per heavy atom. The summed E-state index contributed by atoms with van der Waals surface area (Å²) >= 11 is 0. The summed E-state index contributed by atoms with van der Waals surface area (Å²) in [7, 11) is 4.28. The molecule has 3 rings (SSSR count). The molecule has 0 saturated heterocycles. The van der Waals surface area contributed by atoms with Crippen LogP contribution in [0, 0.1) is 0 Å². The highest BCUT2D eigenvalue weighted by atomic mass is 19.4. The third-order valence-corrected chi connectivity index (χ3v) is 4.20. The molecule has 10 heteroatoms. The molecule has 158 valence electrons. The summed E-state index contributed by atoms with van der Waals surface area (Å²) < 4.78 is 55.6. The summed E-state index contributed by atoms with van der Waals surface area (Å²) in [5.41, 5.74) is -0.378. The van der Waals surface area contributed by atoms with Crippen molar-refractivity contribution in [2.45, 2.75) is 6.18 Å². The molecule has 3 aromatic rings. The number of benzene rings is 2. The number of anilines is 1. The second-order valence-electron chi connectivity index (χ2n) is 6.06. The lowest BCUT2D eigenvalue weighted by Crippen LogP contribution is -2.14. The van der Waals surface area contributed by atoms with Crippen molar-refractivity contribution in [3.8, 4) is 22.9 Å². The van der Waals surface area contributed by atoms with Gasteiger partial charge in [-0.15, -0.1) is 0 Å². The number of ether oxygens (including phenoxy) is 3. The van der Waals surface area contributed by atoms with E-state index in [-0.39, 0.29) is 17.1 Å². The molecule has 7 nitrogen and oxygen atoms in total. The molecule has 0 spiro atoms. The van der Waals surface area contributed by atoms with Crippen molar-refractivity contribution in [3.05, 3.63) is 59.9 Å². The summed E-state index contributed by atoms with van der Waals surface area (Å²) in [5.74, 6) is 0.397. The lowest BCUT2D eigenvalue weighted by atomic mass is 10.2. The molecule has 0 radical (unpaired) electrons. The van der Waals surface area contributed by atoms with Gasteiger partial charge in [0, 0.05) is 11.8 Å². The van der Waals surface area contributed by atoms with E-state index in [9.17, 15) is 18.0 Å². The Bertz CT molecular complexity index is 1060. The Hall–Kier alpha value is -3.69. The molecule has 1 heterocycles. The molecule has 0 bridgehead atoms. The normalized spacial score (nSPS) is 11.1. The number of methoxy groups -OCH3 is 3. The van der Waals surface area contributed by atoms with Gasteiger partial charge < -0.3 is 19.5 Å². The molecule has 0 atom stereocenters. The third kappa shape index (κ3) is 4.32. The highest BCUT2D eigenvalue weighted by Crippen LogP contribution is 2.32. The van der Waals surface area contributed by atoms with Gasteiger partial charge in [-0.25, -0.2) is 4.68 Å². The van der Waals surface area contributed by atoms with Crippen molar-refractivity contribution >= 4 is 11.6 Å². The topological polar surface area (TPSA) is 74.6 Å². The van der Waals surface area contributed by atoms with E-state index in [0.717, 1.165) is 16.8 Å². The second kappa shape index (κ2) is 8.36. The van der Waals surface area contributed by atoms with E-state index in [4.69, 9.17) is 14.2 Å². The monoisotopic (exact) mass is 421 g/mol. The van der Waals surface area contributed by atoms with Crippen molar-refractivity contribution in [1.29, 1.82) is 0 Å². The van der Waals surface area contributed by atoms with Crippen molar-refractivity contribution in [2.75, 3.05) is 26.6 Å². The maximum atomic E-state index is 13.0. The minimum atomic E-state index is -4.50. The van der Waals surface area contributed by atoms with Crippen LogP contribution in [0.25, 0.3) is 5.69 Å². The van der Waals surface area contributed by atoms with Crippen molar-refractivity contribution < 1.29 is 32.2 Å². The smallest absolute Gasteiger partial charge is 0.416 e. The zero-order chi connectivity index (χ0) is 21.9. The number of hydrogen-bond acceptors (Lipinski definition) is 5. The molecule has 0 aliphatic carbocycles. The lowest BCUT2D eigenvalue weighted by Gasteiger charge is -2.10. The van der Waals surface area contributed by atoms with Gasteiger partial charge in [-0.3, -0.25) is 4.79 Å². The predicted octanol–water partition coefficient (Wildman–Crippen LogP) is 4.17. The zero-order valence-corrected chi connectivity index (χ0v) is 16.3. The number of nitrogens with one attached hydrogen (secondary N) is 1. The fourth-order valence-electron chi connectivity index (χ4n) is 2.73. The number of halogens is 3. The van der Waals surface area contributed by atoms with E-state index in [2.05, 4.69) is 10.4 Å². The van der Waals surface area contributed by atoms with E-state index in [1.165, 1.54) is 39.7 Å². The largest absolute Gasteiger partial charge is 0.493 e. The molecule has 2 aromatic carbocycles. The Morgan fingerprint density at radius 2 is 1.67 bits per heavy atom. The number of carbonyl (C=O) groups excluding carboxylic acids is 1. The second-order valence-corrected chi connectivity index (χ2v) is 6.06. The average Bonchev–Trinajstić information content (AvgIpc) is 3.18. The molecule has 0 fully saturated rings. The standard InChI is InChI=1S/C20H18F3N3O4/c1-28-15-8-7-13(10-16(15)29-2)24-19(27)18-17(30-3)11-26(25-18)14-6-4-5-12(9-14)20(21,22)23/h4-11H,1-3H3,(H,24,27). The van der Waals surface area contributed by atoms with Crippen LogP contribution in [0.5, 0.6) is 17.2 Å². The first-order valence-corrected chi connectivity index (χ1v) is 8.61. The van der Waals surface area contributed by atoms with E-state index in [1.54, 1.807) is 18.2 Å². The van der Waals surface area contributed by atoms with Crippen molar-refractivity contribution in [1.82, 2.24) is 9.78 Å². The molecule has 0 aliphatic heterocycles. The van der Waals surface area contributed by atoms with E-state index in [0.29, 0.717) is 17.2 Å². The van der Waals surface area contributed by atoms with Gasteiger partial charge in [0.05, 0.1) is 38.8 Å². The summed E-state index contributed by atoms with van der Waals surface area (Å²) in [6.45, 7) is 0. The van der Waals surface area contributed by atoms with Crippen LogP contribution in [0.1, 0.15) is 16.1 Å². The minimum absolute atomic E-state index is 0.0929. The molecule has 1 N–H and O–H groups in total. The molecular formula is C20H18F3N3O4. The first-order valence-electron chi connectivity index (χ1n) is 8.61. The maximum absolute atomic E-state index is 13.0. The fourth-order valence-corrected chi connectivity index (χ4v) is 2.73. The van der Waals surface area contributed by atoms with E-state index < -0.39 is 17.6 Å². The van der Waals surface area contributed by atoms with Gasteiger partial charge in [-0.1, -0.05) is 6.07 Å². The molecule has 0 saturated carbocycles. The van der Waals surface area contributed by atoms with Gasteiger partial charge in [-0.05, 0) is 30.3 Å². The average molecular weight is 421 g/mol. The number of hydrogen-bond donors (Lipinski definition) is 1. The van der Waals surface area contributed by atoms with Gasteiger partial charge in [0.2, 0.25) is 0 Å². The highest BCUT2D eigenvalue weighted by Gasteiger charge is 2.30. The van der Waals surface area contributed by atoms with Crippen LogP contribution in [-0.2, 0) is 6.18 Å². The summed E-state index contributed by atoms with van der Waals surface area (Å²) in [6.07, 6.45) is -3.17. The quantitative estimate of drug-likeness (QED) is 0.647. The van der Waals surface area contributed by atoms with Crippen LogP contribution < -0.4 is 19.5 Å². The molecule has 1 aromatic heterocycles. The van der Waals surface area contributed by atoms with Crippen LogP contribution in [0.4, 0.5) is 18.9 Å². The number of rotatable bonds is 6. The first-order chi connectivity index (χ1) is 14.3. The van der Waals surface area contributed by atoms with Crippen LogP contribution >= 0.6 is 0 Å². The van der Waals surface area contributed by atoms with Gasteiger partial charge in [0.15, 0.2) is 22.9 Å². The van der Waals surface area contributed by atoms with Crippen LogP contribution in [-0.4, -0.2) is 37.0 Å². The van der Waals surface area contributed by atoms with E-state index in [1.807, 2.05) is 0 Å². The molecule has 1 amide bonds. The van der Waals surface area contributed by atoms with Gasteiger partial charge in [0.25, 0.3) is 5.91 Å². The summed E-state index contributed by atoms with van der Waals surface area (Å²) in [5, 5.41) is 6.75. The highest BCUT2D eigenvalue weighted by molar-refractivity contribution is 6.04. The summed E-state index contributed by atoms with van der Waals surface area (Å²) in [6, 6.07) is 9.38. The van der Waals surface area contributed by atoms with Crippen LogP contribution in [0.2, 0.25) is 0 Å². The van der Waals surface area contributed by atoms with E-state index >= 15 is 0 Å². The van der Waals surface area contributed by atoms with Gasteiger partial charge in [-0.2, -0.15) is 18.3 Å². The van der Waals surface area contributed by atoms with Gasteiger partial charge in [0.1, 0.15) is 0 Å². The van der Waals surface area contributed by atoms with Crippen LogP contribution in [0.3, 0.4) is 0 Å². The van der Waals surface area contributed by atoms with Gasteiger partial charge >= 0.3 is 6.18 Å². The number of alkyl halides is 3. The lowest BCUT2D eigenvalue weighted by molar-refractivity contribution is -0.137.